The second kappa shape index (κ2) is 6.69. The van der Waals surface area contributed by atoms with Gasteiger partial charge in [0.25, 0.3) is 0 Å². The first-order valence-corrected chi connectivity index (χ1v) is 7.10. The van der Waals surface area contributed by atoms with Gasteiger partial charge in [0.05, 0.1) is 11.6 Å². The number of aliphatic carboxylic acids is 1. The molecule has 0 saturated heterocycles. The number of carboxylic acids is 1. The maximum Gasteiger partial charge on any atom is 0.307 e. The van der Waals surface area contributed by atoms with Crippen LogP contribution in [0.2, 0.25) is 0 Å². The van der Waals surface area contributed by atoms with Crippen LogP contribution in [0.3, 0.4) is 0 Å². The molecule has 0 aromatic carbocycles. The normalized spacial score (nSPS) is 12.6. The van der Waals surface area contributed by atoms with Crippen molar-refractivity contribution in [1.29, 1.82) is 0 Å². The number of thioether (sulfide) groups is 1. The van der Waals surface area contributed by atoms with Crippen LogP contribution in [0.4, 0.5) is 0 Å². The van der Waals surface area contributed by atoms with Gasteiger partial charge in [-0.1, -0.05) is 13.8 Å². The summed E-state index contributed by atoms with van der Waals surface area (Å²) in [6.45, 7) is 6.76. The Kier molecular flexibility index (Phi) is 5.55. The first-order chi connectivity index (χ1) is 8.08. The van der Waals surface area contributed by atoms with Crippen LogP contribution in [0.1, 0.15) is 32.2 Å². The number of hydrogen-bond donors (Lipinski definition) is 1. The van der Waals surface area contributed by atoms with Crippen molar-refractivity contribution in [2.24, 2.45) is 5.92 Å². The Balaban J connectivity index is 2.50. The van der Waals surface area contributed by atoms with E-state index in [1.807, 2.05) is 4.68 Å². The number of rotatable bonds is 7. The van der Waals surface area contributed by atoms with Gasteiger partial charge in [-0.15, -0.1) is 0 Å². The van der Waals surface area contributed by atoms with Crippen LogP contribution in [-0.2, 0) is 23.5 Å². The van der Waals surface area contributed by atoms with Gasteiger partial charge >= 0.3 is 5.97 Å². The molecule has 1 rings (SSSR count). The second-order valence-electron chi connectivity index (χ2n) is 4.05. The summed E-state index contributed by atoms with van der Waals surface area (Å²) in [5, 5.41) is 13.3. The Morgan fingerprint density at radius 1 is 1.59 bits per heavy atom. The number of aryl methyl sites for hydroxylation is 2. The first-order valence-electron chi connectivity index (χ1n) is 5.94. The molecule has 4 nitrogen and oxygen atoms in total. The number of aromatic nitrogens is 2. The molecule has 96 valence electrons. The van der Waals surface area contributed by atoms with Gasteiger partial charge in [0.1, 0.15) is 0 Å². The average molecular weight is 256 g/mol. The van der Waals surface area contributed by atoms with Gasteiger partial charge in [0.2, 0.25) is 0 Å². The van der Waals surface area contributed by atoms with E-state index >= 15 is 0 Å². The van der Waals surface area contributed by atoms with Crippen LogP contribution in [-0.4, -0.2) is 26.6 Å². The van der Waals surface area contributed by atoms with Gasteiger partial charge in [-0.3, -0.25) is 9.48 Å². The SMILES string of the molecule is CCc1cc(CSCC(C)C(=O)O)n(CC)n1. The summed E-state index contributed by atoms with van der Waals surface area (Å²) in [5.41, 5.74) is 2.29. The van der Waals surface area contributed by atoms with E-state index in [0.29, 0.717) is 5.75 Å². The van der Waals surface area contributed by atoms with Crippen LogP contribution in [0, 0.1) is 5.92 Å². The highest BCUT2D eigenvalue weighted by molar-refractivity contribution is 7.98. The van der Waals surface area contributed by atoms with Crippen molar-refractivity contribution < 1.29 is 9.90 Å². The minimum atomic E-state index is -0.726. The fraction of sp³-hybridized carbons (Fsp3) is 0.667. The topological polar surface area (TPSA) is 55.1 Å². The number of carboxylic acid groups (broad SMARTS) is 1. The van der Waals surface area contributed by atoms with E-state index in [0.717, 1.165) is 24.4 Å². The molecule has 1 aromatic rings. The third kappa shape index (κ3) is 4.07. The molecule has 1 atom stereocenters. The van der Waals surface area contributed by atoms with Crippen molar-refractivity contribution in [2.45, 2.75) is 39.5 Å². The Morgan fingerprint density at radius 2 is 2.29 bits per heavy atom. The molecule has 17 heavy (non-hydrogen) atoms. The van der Waals surface area contributed by atoms with Crippen molar-refractivity contribution in [3.05, 3.63) is 17.5 Å². The molecule has 1 heterocycles. The van der Waals surface area contributed by atoms with Gasteiger partial charge in [0.15, 0.2) is 0 Å². The minimum Gasteiger partial charge on any atom is -0.481 e. The van der Waals surface area contributed by atoms with E-state index in [1.165, 1.54) is 5.69 Å². The van der Waals surface area contributed by atoms with Crippen LogP contribution in [0.5, 0.6) is 0 Å². The van der Waals surface area contributed by atoms with Crippen LogP contribution in [0.15, 0.2) is 6.07 Å². The van der Waals surface area contributed by atoms with E-state index in [1.54, 1.807) is 18.7 Å². The molecule has 0 fully saturated rings. The molecule has 0 bridgehead atoms. The van der Waals surface area contributed by atoms with Crippen LogP contribution < -0.4 is 0 Å². The summed E-state index contributed by atoms with van der Waals surface area (Å²) < 4.78 is 2.00. The van der Waals surface area contributed by atoms with Crippen LogP contribution in [0.25, 0.3) is 0 Å². The quantitative estimate of drug-likeness (QED) is 0.814. The fourth-order valence-electron chi connectivity index (χ4n) is 1.49. The Labute approximate surface area is 106 Å². The van der Waals surface area contributed by atoms with Gasteiger partial charge in [-0.05, 0) is 19.4 Å². The summed E-state index contributed by atoms with van der Waals surface area (Å²) >= 11 is 1.65. The molecule has 0 aliphatic rings. The molecule has 0 radical (unpaired) electrons. The smallest absolute Gasteiger partial charge is 0.307 e. The maximum absolute atomic E-state index is 10.7. The monoisotopic (exact) mass is 256 g/mol. The average Bonchev–Trinajstić information content (AvgIpc) is 2.71. The fourth-order valence-corrected chi connectivity index (χ4v) is 2.54. The predicted octanol–water partition coefficient (Wildman–Crippen LogP) is 2.42. The third-order valence-electron chi connectivity index (χ3n) is 2.62. The second-order valence-corrected chi connectivity index (χ2v) is 5.08. The van der Waals surface area contributed by atoms with Gasteiger partial charge < -0.3 is 5.11 Å². The Bertz CT molecular complexity index is 377. The summed E-state index contributed by atoms with van der Waals surface area (Å²) in [7, 11) is 0. The molecule has 0 amide bonds. The number of carbonyl (C=O) groups is 1. The minimum absolute atomic E-state index is 0.288. The van der Waals surface area contributed by atoms with Crippen LogP contribution >= 0.6 is 11.8 Å². The summed E-state index contributed by atoms with van der Waals surface area (Å²) in [4.78, 5) is 10.7. The lowest BCUT2D eigenvalue weighted by atomic mass is 10.2. The molecule has 0 spiro atoms. The zero-order valence-electron chi connectivity index (χ0n) is 10.6. The lowest BCUT2D eigenvalue weighted by Crippen LogP contribution is -2.12. The zero-order valence-corrected chi connectivity index (χ0v) is 11.5. The Morgan fingerprint density at radius 3 is 2.82 bits per heavy atom. The van der Waals surface area contributed by atoms with E-state index in [4.69, 9.17) is 5.11 Å². The van der Waals surface area contributed by atoms with Gasteiger partial charge in [-0.2, -0.15) is 16.9 Å². The summed E-state index contributed by atoms with van der Waals surface area (Å²) in [5.74, 6) is 0.462. The molecule has 0 aliphatic heterocycles. The van der Waals surface area contributed by atoms with Crippen molar-refractivity contribution in [1.82, 2.24) is 9.78 Å². The highest BCUT2D eigenvalue weighted by Crippen LogP contribution is 2.17. The van der Waals surface area contributed by atoms with Crippen molar-refractivity contribution >= 4 is 17.7 Å². The van der Waals surface area contributed by atoms with E-state index in [2.05, 4.69) is 25.0 Å². The van der Waals surface area contributed by atoms with E-state index < -0.39 is 5.97 Å². The summed E-state index contributed by atoms with van der Waals surface area (Å²) in [6, 6.07) is 2.11. The largest absolute Gasteiger partial charge is 0.481 e. The third-order valence-corrected chi connectivity index (χ3v) is 3.85. The van der Waals surface area contributed by atoms with Gasteiger partial charge in [0, 0.05) is 23.7 Å². The van der Waals surface area contributed by atoms with Gasteiger partial charge in [-0.25, -0.2) is 0 Å². The Hall–Kier alpha value is -0.970. The lowest BCUT2D eigenvalue weighted by Gasteiger charge is -2.06. The molecular formula is C12H20N2O2S. The van der Waals surface area contributed by atoms with Crippen molar-refractivity contribution in [3.8, 4) is 0 Å². The molecular weight excluding hydrogens is 236 g/mol. The molecule has 1 unspecified atom stereocenters. The predicted molar refractivity (Wildman–Crippen MR) is 70.2 cm³/mol. The molecule has 1 aromatic heterocycles. The first kappa shape index (κ1) is 14.1. The van der Waals surface area contributed by atoms with E-state index in [-0.39, 0.29) is 5.92 Å². The number of hydrogen-bond acceptors (Lipinski definition) is 3. The van der Waals surface area contributed by atoms with E-state index in [9.17, 15) is 4.79 Å². The zero-order chi connectivity index (χ0) is 12.8. The van der Waals surface area contributed by atoms with Crippen molar-refractivity contribution in [3.63, 3.8) is 0 Å². The maximum atomic E-state index is 10.7. The molecule has 1 N–H and O–H groups in total. The summed E-state index contributed by atoms with van der Waals surface area (Å²) in [6.07, 6.45) is 0.941. The number of nitrogens with zero attached hydrogens (tertiary/aromatic N) is 2. The molecule has 5 heteroatoms. The molecule has 0 saturated carbocycles. The van der Waals surface area contributed by atoms with Crippen molar-refractivity contribution in [2.75, 3.05) is 5.75 Å². The lowest BCUT2D eigenvalue weighted by molar-refractivity contribution is -0.140. The highest BCUT2D eigenvalue weighted by Gasteiger charge is 2.12. The highest BCUT2D eigenvalue weighted by atomic mass is 32.2. The molecule has 0 aliphatic carbocycles. The standard InChI is InChI=1S/C12H20N2O2S/c1-4-10-6-11(14(5-2)13-10)8-17-7-9(3)12(15)16/h6,9H,4-5,7-8H2,1-3H3,(H,15,16).